The summed E-state index contributed by atoms with van der Waals surface area (Å²) in [5.74, 6) is 0.0804. The largest absolute Gasteiger partial charge is 0.484 e. The highest BCUT2D eigenvalue weighted by Crippen LogP contribution is 2.19. The van der Waals surface area contributed by atoms with Gasteiger partial charge < -0.3 is 15.0 Å². The maximum Gasteiger partial charge on any atom is 0.261 e. The lowest BCUT2D eigenvalue weighted by atomic mass is 10.0. The van der Waals surface area contributed by atoms with Crippen LogP contribution in [0.2, 0.25) is 0 Å². The van der Waals surface area contributed by atoms with Crippen molar-refractivity contribution >= 4 is 11.8 Å². The number of ether oxygens (including phenoxy) is 1. The molecule has 1 N–H and O–H groups in total. The van der Waals surface area contributed by atoms with Gasteiger partial charge in [-0.3, -0.25) is 9.59 Å². The Labute approximate surface area is 178 Å². The molecular formula is C24H31FN2O3. The first-order chi connectivity index (χ1) is 14.2. The van der Waals surface area contributed by atoms with Gasteiger partial charge in [0.2, 0.25) is 5.91 Å². The van der Waals surface area contributed by atoms with E-state index in [9.17, 15) is 14.0 Å². The molecule has 0 saturated heterocycles. The summed E-state index contributed by atoms with van der Waals surface area (Å²) in [4.78, 5) is 26.9. The molecule has 0 aliphatic rings. The first kappa shape index (κ1) is 23.4. The predicted octanol–water partition coefficient (Wildman–Crippen LogP) is 4.27. The van der Waals surface area contributed by atoms with Crippen molar-refractivity contribution in [2.75, 3.05) is 6.61 Å². The van der Waals surface area contributed by atoms with Crippen molar-refractivity contribution in [2.24, 2.45) is 0 Å². The summed E-state index contributed by atoms with van der Waals surface area (Å²) in [7, 11) is 0. The molecule has 2 rings (SSSR count). The van der Waals surface area contributed by atoms with Crippen LogP contribution in [0.1, 0.15) is 51.7 Å². The number of amides is 2. The fourth-order valence-electron chi connectivity index (χ4n) is 2.95. The van der Waals surface area contributed by atoms with Crippen molar-refractivity contribution < 1.29 is 18.7 Å². The second kappa shape index (κ2) is 10.8. The minimum Gasteiger partial charge on any atom is -0.484 e. The molecule has 6 heteroatoms. The van der Waals surface area contributed by atoms with Crippen molar-refractivity contribution in [1.82, 2.24) is 10.2 Å². The number of nitrogens with zero attached hydrogens (tertiary/aromatic N) is 1. The average Bonchev–Trinajstić information content (AvgIpc) is 2.70. The maximum absolute atomic E-state index is 13.2. The van der Waals surface area contributed by atoms with Crippen molar-refractivity contribution in [3.05, 3.63) is 65.5 Å². The van der Waals surface area contributed by atoms with Crippen LogP contribution in [0.3, 0.4) is 0 Å². The molecule has 0 spiro atoms. The van der Waals surface area contributed by atoms with Crippen molar-refractivity contribution in [2.45, 2.75) is 59.2 Å². The number of halogens is 1. The molecule has 0 aliphatic carbocycles. The van der Waals surface area contributed by atoms with E-state index in [-0.39, 0.29) is 36.8 Å². The standard InChI is InChI=1S/C24H31FN2O3/c1-16(2)20-8-12-22(13-9-20)30-15-23(28)27(18(5)24(29)26-17(3)4)14-19-6-10-21(25)11-7-19/h6-13,16-18H,14-15H2,1-5H3,(H,26,29)/t18-/m0/s1. The molecule has 0 saturated carbocycles. The normalized spacial score (nSPS) is 12.0. The van der Waals surface area contributed by atoms with Crippen molar-refractivity contribution in [3.8, 4) is 5.75 Å². The van der Waals surface area contributed by atoms with Gasteiger partial charge in [0, 0.05) is 12.6 Å². The summed E-state index contributed by atoms with van der Waals surface area (Å²) in [6.07, 6.45) is 0. The summed E-state index contributed by atoms with van der Waals surface area (Å²) >= 11 is 0. The second-order valence-electron chi connectivity index (χ2n) is 8.00. The first-order valence-corrected chi connectivity index (χ1v) is 10.2. The van der Waals surface area contributed by atoms with Gasteiger partial charge in [-0.2, -0.15) is 0 Å². The number of hydrogen-bond donors (Lipinski definition) is 1. The van der Waals surface area contributed by atoms with Crippen LogP contribution in [0.5, 0.6) is 5.75 Å². The first-order valence-electron chi connectivity index (χ1n) is 10.2. The molecule has 0 unspecified atom stereocenters. The van der Waals surface area contributed by atoms with Gasteiger partial charge in [-0.1, -0.05) is 38.1 Å². The van der Waals surface area contributed by atoms with E-state index in [1.807, 2.05) is 38.1 Å². The molecule has 30 heavy (non-hydrogen) atoms. The number of carbonyl (C=O) groups is 2. The Kier molecular flexibility index (Phi) is 8.39. The van der Waals surface area contributed by atoms with Gasteiger partial charge in [-0.25, -0.2) is 4.39 Å². The summed E-state index contributed by atoms with van der Waals surface area (Å²) in [6.45, 7) is 9.60. The third-order valence-electron chi connectivity index (χ3n) is 4.77. The Morgan fingerprint density at radius 2 is 1.57 bits per heavy atom. The van der Waals surface area contributed by atoms with Crippen LogP contribution < -0.4 is 10.1 Å². The summed E-state index contributed by atoms with van der Waals surface area (Å²) in [5.41, 5.74) is 1.92. The topological polar surface area (TPSA) is 58.6 Å². The second-order valence-corrected chi connectivity index (χ2v) is 8.00. The highest BCUT2D eigenvalue weighted by Gasteiger charge is 2.26. The monoisotopic (exact) mass is 414 g/mol. The average molecular weight is 415 g/mol. The zero-order chi connectivity index (χ0) is 22.3. The zero-order valence-corrected chi connectivity index (χ0v) is 18.3. The molecule has 2 amide bonds. The predicted molar refractivity (Wildman–Crippen MR) is 116 cm³/mol. The summed E-state index contributed by atoms with van der Waals surface area (Å²) in [6, 6.07) is 12.8. The molecule has 2 aromatic rings. The van der Waals surface area contributed by atoms with E-state index in [1.54, 1.807) is 19.1 Å². The lowest BCUT2D eigenvalue weighted by Crippen LogP contribution is -2.50. The number of nitrogens with one attached hydrogen (secondary N) is 1. The molecule has 1 atom stereocenters. The number of benzene rings is 2. The molecule has 0 aliphatic heterocycles. The van der Waals surface area contributed by atoms with Crippen LogP contribution in [0, 0.1) is 5.82 Å². The third-order valence-corrected chi connectivity index (χ3v) is 4.77. The Hall–Kier alpha value is -2.89. The van der Waals surface area contributed by atoms with Crippen LogP contribution in [0.4, 0.5) is 4.39 Å². The van der Waals surface area contributed by atoms with E-state index in [1.165, 1.54) is 22.6 Å². The van der Waals surface area contributed by atoms with Crippen LogP contribution in [-0.4, -0.2) is 35.4 Å². The van der Waals surface area contributed by atoms with Crippen LogP contribution >= 0.6 is 0 Å². The van der Waals surface area contributed by atoms with E-state index >= 15 is 0 Å². The van der Waals surface area contributed by atoms with Crippen molar-refractivity contribution in [1.29, 1.82) is 0 Å². The van der Waals surface area contributed by atoms with E-state index in [0.29, 0.717) is 11.7 Å². The van der Waals surface area contributed by atoms with Gasteiger partial charge in [0.1, 0.15) is 17.6 Å². The van der Waals surface area contributed by atoms with Gasteiger partial charge in [-0.05, 0) is 62.1 Å². The fourth-order valence-corrected chi connectivity index (χ4v) is 2.95. The molecule has 0 radical (unpaired) electrons. The smallest absolute Gasteiger partial charge is 0.261 e. The van der Waals surface area contributed by atoms with Crippen LogP contribution in [0.25, 0.3) is 0 Å². The SMILES string of the molecule is CC(C)NC(=O)[C@H](C)N(Cc1ccc(F)cc1)C(=O)COc1ccc(C(C)C)cc1. The van der Waals surface area contributed by atoms with Gasteiger partial charge >= 0.3 is 0 Å². The Bertz CT molecular complexity index is 833. The van der Waals surface area contributed by atoms with Gasteiger partial charge in [-0.15, -0.1) is 0 Å². The fraction of sp³-hybridized carbons (Fsp3) is 0.417. The number of carbonyl (C=O) groups excluding carboxylic acids is 2. The zero-order valence-electron chi connectivity index (χ0n) is 18.3. The minimum absolute atomic E-state index is 0.0431. The van der Waals surface area contributed by atoms with Crippen LogP contribution in [0.15, 0.2) is 48.5 Å². The molecule has 0 fully saturated rings. The Balaban J connectivity index is 2.11. The highest BCUT2D eigenvalue weighted by atomic mass is 19.1. The Morgan fingerprint density at radius 1 is 0.967 bits per heavy atom. The van der Waals surface area contributed by atoms with E-state index in [0.717, 1.165) is 5.56 Å². The quantitative estimate of drug-likeness (QED) is 0.667. The van der Waals surface area contributed by atoms with Crippen molar-refractivity contribution in [3.63, 3.8) is 0 Å². The van der Waals surface area contributed by atoms with Gasteiger partial charge in [0.25, 0.3) is 5.91 Å². The van der Waals surface area contributed by atoms with Gasteiger partial charge in [0.15, 0.2) is 6.61 Å². The van der Waals surface area contributed by atoms with E-state index in [2.05, 4.69) is 19.2 Å². The molecule has 0 bridgehead atoms. The maximum atomic E-state index is 13.2. The molecule has 2 aromatic carbocycles. The van der Waals surface area contributed by atoms with Gasteiger partial charge in [0.05, 0.1) is 0 Å². The van der Waals surface area contributed by atoms with E-state index in [4.69, 9.17) is 4.74 Å². The van der Waals surface area contributed by atoms with Crippen LogP contribution in [-0.2, 0) is 16.1 Å². The number of hydrogen-bond acceptors (Lipinski definition) is 3. The molecule has 5 nitrogen and oxygen atoms in total. The molecular weight excluding hydrogens is 383 g/mol. The summed E-state index contributed by atoms with van der Waals surface area (Å²) in [5, 5.41) is 2.83. The lowest BCUT2D eigenvalue weighted by Gasteiger charge is -2.29. The third kappa shape index (κ3) is 6.87. The Morgan fingerprint density at radius 3 is 2.10 bits per heavy atom. The lowest BCUT2D eigenvalue weighted by molar-refractivity contribution is -0.142. The minimum atomic E-state index is -0.697. The highest BCUT2D eigenvalue weighted by molar-refractivity contribution is 5.88. The summed E-state index contributed by atoms with van der Waals surface area (Å²) < 4.78 is 18.9. The number of rotatable bonds is 9. The molecule has 0 heterocycles. The molecule has 162 valence electrons. The molecule has 0 aromatic heterocycles. The van der Waals surface area contributed by atoms with E-state index < -0.39 is 6.04 Å².